The molecule has 0 bridgehead atoms. The summed E-state index contributed by atoms with van der Waals surface area (Å²) < 4.78 is 66.2. The van der Waals surface area contributed by atoms with Crippen LogP contribution in [0, 0.1) is 23.3 Å². The van der Waals surface area contributed by atoms with E-state index in [-0.39, 0.29) is 24.1 Å². The minimum absolute atomic E-state index is 0.0342. The van der Waals surface area contributed by atoms with Gasteiger partial charge >= 0.3 is 0 Å². The zero-order valence-electron chi connectivity index (χ0n) is 15.2. The van der Waals surface area contributed by atoms with Gasteiger partial charge < -0.3 is 14.1 Å². The molecule has 0 saturated carbocycles. The topological polar surface area (TPSA) is 60.5 Å². The van der Waals surface area contributed by atoms with Gasteiger partial charge in [-0.3, -0.25) is 9.48 Å². The molecule has 29 heavy (non-hydrogen) atoms. The average molecular weight is 476 g/mol. The number of halogens is 5. The largest absolute Gasteiger partial charge is 0.479 e. The van der Waals surface area contributed by atoms with Crippen LogP contribution < -0.4 is 4.74 Å². The SMILES string of the molecule is CN(Cc1c(Br)cnn1C)C(=O)c1ccc(COc2c(F)c(F)cc(F)c2F)o1. The summed E-state index contributed by atoms with van der Waals surface area (Å²) in [6, 6.07) is 2.79. The van der Waals surface area contributed by atoms with Crippen molar-refractivity contribution in [3.05, 3.63) is 69.4 Å². The lowest BCUT2D eigenvalue weighted by Crippen LogP contribution is -2.27. The molecule has 0 atom stereocenters. The van der Waals surface area contributed by atoms with Crippen molar-refractivity contribution >= 4 is 21.8 Å². The summed E-state index contributed by atoms with van der Waals surface area (Å²) in [4.78, 5) is 13.9. The van der Waals surface area contributed by atoms with Crippen molar-refractivity contribution in [1.29, 1.82) is 0 Å². The number of rotatable bonds is 6. The number of hydrogen-bond donors (Lipinski definition) is 0. The van der Waals surface area contributed by atoms with Gasteiger partial charge in [-0.25, -0.2) is 8.78 Å². The van der Waals surface area contributed by atoms with E-state index < -0.39 is 41.5 Å². The predicted octanol–water partition coefficient (Wildman–Crippen LogP) is 4.18. The Morgan fingerprint density at radius 1 is 1.24 bits per heavy atom. The fourth-order valence-corrected chi connectivity index (χ4v) is 2.96. The number of amides is 1. The van der Waals surface area contributed by atoms with Gasteiger partial charge in [0.15, 0.2) is 23.1 Å². The molecular weight excluding hydrogens is 462 g/mol. The Morgan fingerprint density at radius 3 is 2.48 bits per heavy atom. The molecule has 0 N–H and O–H groups in total. The lowest BCUT2D eigenvalue weighted by Gasteiger charge is -2.16. The fourth-order valence-electron chi connectivity index (χ4n) is 2.49. The zero-order valence-corrected chi connectivity index (χ0v) is 16.8. The summed E-state index contributed by atoms with van der Waals surface area (Å²) in [5.74, 6) is -8.16. The molecule has 0 spiro atoms. The molecule has 0 unspecified atom stereocenters. The standard InChI is InChI=1S/C18H14BrF4N3O3/c1-25(7-13-10(19)6-24-26(13)2)18(27)14-4-3-9(29-14)8-28-17-15(22)11(20)5-12(21)16(17)23/h3-6H,7-8H2,1-2H3. The number of aryl methyl sites for hydroxylation is 1. The Hall–Kier alpha value is -2.82. The first-order valence-corrected chi connectivity index (χ1v) is 8.94. The number of aromatic nitrogens is 2. The molecule has 2 heterocycles. The first-order valence-electron chi connectivity index (χ1n) is 8.15. The third kappa shape index (κ3) is 4.29. The molecule has 6 nitrogen and oxygen atoms in total. The van der Waals surface area contributed by atoms with E-state index >= 15 is 0 Å². The molecule has 0 aliphatic carbocycles. The number of benzene rings is 1. The van der Waals surface area contributed by atoms with E-state index in [4.69, 9.17) is 9.15 Å². The number of ether oxygens (including phenoxy) is 1. The van der Waals surface area contributed by atoms with Crippen LogP contribution in [0.3, 0.4) is 0 Å². The van der Waals surface area contributed by atoms with Crippen LogP contribution in [0.15, 0.2) is 33.3 Å². The second-order valence-corrected chi connectivity index (χ2v) is 6.93. The smallest absolute Gasteiger partial charge is 0.289 e. The van der Waals surface area contributed by atoms with Gasteiger partial charge in [-0.2, -0.15) is 13.9 Å². The van der Waals surface area contributed by atoms with Gasteiger partial charge in [-0.1, -0.05) is 0 Å². The minimum atomic E-state index is -1.66. The van der Waals surface area contributed by atoms with Crippen LogP contribution in [-0.2, 0) is 20.2 Å². The quantitative estimate of drug-likeness (QED) is 0.396. The van der Waals surface area contributed by atoms with Crippen LogP contribution in [0.5, 0.6) is 5.75 Å². The molecule has 11 heteroatoms. The third-order valence-corrected chi connectivity index (χ3v) is 4.71. The first kappa shape index (κ1) is 20.9. The summed E-state index contributed by atoms with van der Waals surface area (Å²) in [5.41, 5.74) is 0.759. The summed E-state index contributed by atoms with van der Waals surface area (Å²) >= 11 is 3.34. The van der Waals surface area contributed by atoms with Gasteiger partial charge in [0, 0.05) is 20.2 Å². The zero-order chi connectivity index (χ0) is 21.3. The van der Waals surface area contributed by atoms with E-state index in [0.29, 0.717) is 0 Å². The van der Waals surface area contributed by atoms with Crippen LogP contribution >= 0.6 is 15.9 Å². The van der Waals surface area contributed by atoms with Gasteiger partial charge in [0.25, 0.3) is 5.91 Å². The fraction of sp³-hybridized carbons (Fsp3) is 0.222. The highest BCUT2D eigenvalue weighted by Gasteiger charge is 2.22. The average Bonchev–Trinajstić information content (AvgIpc) is 3.28. The molecule has 0 aliphatic heterocycles. The Morgan fingerprint density at radius 2 is 1.90 bits per heavy atom. The van der Waals surface area contributed by atoms with Crippen LogP contribution in [0.2, 0.25) is 0 Å². The van der Waals surface area contributed by atoms with Crippen LogP contribution in [0.1, 0.15) is 22.0 Å². The Bertz CT molecular complexity index is 1020. The number of hydrogen-bond acceptors (Lipinski definition) is 4. The van der Waals surface area contributed by atoms with Crippen molar-refractivity contribution in [2.75, 3.05) is 7.05 Å². The monoisotopic (exact) mass is 475 g/mol. The van der Waals surface area contributed by atoms with E-state index in [1.165, 1.54) is 17.0 Å². The summed E-state index contributed by atoms with van der Waals surface area (Å²) in [6.45, 7) is -0.303. The van der Waals surface area contributed by atoms with Crippen molar-refractivity contribution in [2.24, 2.45) is 7.05 Å². The van der Waals surface area contributed by atoms with Gasteiger partial charge in [0.2, 0.25) is 11.6 Å². The molecule has 1 aromatic carbocycles. The first-order chi connectivity index (χ1) is 13.7. The molecule has 2 aromatic heterocycles. The van der Waals surface area contributed by atoms with E-state index in [1.807, 2.05) is 0 Å². The highest BCUT2D eigenvalue weighted by molar-refractivity contribution is 9.10. The van der Waals surface area contributed by atoms with E-state index in [2.05, 4.69) is 21.0 Å². The number of carbonyl (C=O) groups is 1. The molecule has 3 rings (SSSR count). The highest BCUT2D eigenvalue weighted by Crippen LogP contribution is 2.27. The van der Waals surface area contributed by atoms with Gasteiger partial charge in [-0.05, 0) is 28.1 Å². The van der Waals surface area contributed by atoms with Gasteiger partial charge in [0.05, 0.1) is 22.9 Å². The van der Waals surface area contributed by atoms with E-state index in [9.17, 15) is 22.4 Å². The molecule has 0 aliphatic rings. The van der Waals surface area contributed by atoms with Crippen LogP contribution in [-0.4, -0.2) is 27.6 Å². The summed E-state index contributed by atoms with van der Waals surface area (Å²) in [6.07, 6.45) is 1.60. The number of carbonyl (C=O) groups excluding carboxylic acids is 1. The third-order valence-electron chi connectivity index (χ3n) is 4.05. The lowest BCUT2D eigenvalue weighted by atomic mass is 10.3. The second kappa shape index (κ2) is 8.27. The molecule has 0 radical (unpaired) electrons. The molecule has 0 saturated heterocycles. The number of nitrogens with zero attached hydrogens (tertiary/aromatic N) is 3. The maximum atomic E-state index is 13.6. The van der Waals surface area contributed by atoms with Crippen molar-refractivity contribution in [3.8, 4) is 5.75 Å². The Labute approximate surface area is 170 Å². The minimum Gasteiger partial charge on any atom is -0.479 e. The van der Waals surface area contributed by atoms with Crippen molar-refractivity contribution in [3.63, 3.8) is 0 Å². The molecule has 1 amide bonds. The maximum absolute atomic E-state index is 13.6. The normalized spacial score (nSPS) is 11.0. The Kier molecular flexibility index (Phi) is 5.96. The van der Waals surface area contributed by atoms with E-state index in [1.54, 1.807) is 25.0 Å². The second-order valence-electron chi connectivity index (χ2n) is 6.08. The lowest BCUT2D eigenvalue weighted by molar-refractivity contribution is 0.0745. The number of furan rings is 1. The summed E-state index contributed by atoms with van der Waals surface area (Å²) in [7, 11) is 3.29. The van der Waals surface area contributed by atoms with Gasteiger partial charge in [-0.15, -0.1) is 0 Å². The van der Waals surface area contributed by atoms with E-state index in [0.717, 1.165) is 10.2 Å². The van der Waals surface area contributed by atoms with Crippen LogP contribution in [0.4, 0.5) is 17.6 Å². The Balaban J connectivity index is 1.69. The van der Waals surface area contributed by atoms with Crippen LogP contribution in [0.25, 0.3) is 0 Å². The molecular formula is C18H14BrF4N3O3. The molecule has 154 valence electrons. The van der Waals surface area contributed by atoms with Crippen molar-refractivity contribution in [1.82, 2.24) is 14.7 Å². The van der Waals surface area contributed by atoms with Gasteiger partial charge in [0.1, 0.15) is 12.4 Å². The maximum Gasteiger partial charge on any atom is 0.289 e. The van der Waals surface area contributed by atoms with Crippen molar-refractivity contribution < 1.29 is 31.5 Å². The molecule has 0 fully saturated rings. The highest BCUT2D eigenvalue weighted by atomic mass is 79.9. The predicted molar refractivity (Wildman–Crippen MR) is 96.0 cm³/mol. The summed E-state index contributed by atoms with van der Waals surface area (Å²) in [5, 5.41) is 4.06. The molecule has 3 aromatic rings. The van der Waals surface area contributed by atoms with Crippen molar-refractivity contribution in [2.45, 2.75) is 13.2 Å².